The van der Waals surface area contributed by atoms with Crippen molar-refractivity contribution in [1.82, 2.24) is 25.0 Å². The fraction of sp³-hybridized carbons (Fsp3) is 0.250. The van der Waals surface area contributed by atoms with Crippen molar-refractivity contribution in [2.75, 3.05) is 27.2 Å². The minimum atomic E-state index is -0.0894. The fourth-order valence-corrected chi connectivity index (χ4v) is 2.78. The van der Waals surface area contributed by atoms with Crippen molar-refractivity contribution in [1.29, 1.82) is 0 Å². The molecule has 27 heavy (non-hydrogen) atoms. The molecule has 140 valence electrons. The average Bonchev–Trinajstić information content (AvgIpc) is 3.16. The average molecular weight is 384 g/mol. The van der Waals surface area contributed by atoms with Crippen LogP contribution in [0.15, 0.2) is 54.9 Å². The maximum absolute atomic E-state index is 13.1. The summed E-state index contributed by atoms with van der Waals surface area (Å²) in [5.41, 5.74) is 3.07. The van der Waals surface area contributed by atoms with Gasteiger partial charge in [-0.15, -0.1) is 0 Å². The topological polar surface area (TPSA) is 65.1 Å². The van der Waals surface area contributed by atoms with Gasteiger partial charge in [0.05, 0.1) is 5.69 Å². The van der Waals surface area contributed by atoms with E-state index in [0.717, 1.165) is 17.7 Å². The molecule has 6 nitrogen and oxygen atoms in total. The zero-order chi connectivity index (χ0) is 19.2. The summed E-state index contributed by atoms with van der Waals surface area (Å²) < 4.78 is 0. The summed E-state index contributed by atoms with van der Waals surface area (Å²) in [5, 5.41) is 7.82. The number of nitrogens with one attached hydrogen (secondary N) is 1. The number of likely N-dealkylation sites (N-methyl/N-ethyl adjacent to an activating group) is 1. The van der Waals surface area contributed by atoms with Crippen LogP contribution < -0.4 is 0 Å². The molecule has 0 aliphatic rings. The number of carbonyl (C=O) groups excluding carboxylic acids is 1. The maximum Gasteiger partial charge on any atom is 0.272 e. The Morgan fingerprint density at radius 3 is 2.59 bits per heavy atom. The van der Waals surface area contributed by atoms with Crippen molar-refractivity contribution in [3.8, 4) is 11.3 Å². The molecule has 3 aromatic rings. The van der Waals surface area contributed by atoms with Gasteiger partial charge in [0.1, 0.15) is 5.69 Å². The van der Waals surface area contributed by atoms with Crippen LogP contribution in [-0.2, 0) is 6.54 Å². The van der Waals surface area contributed by atoms with Crippen LogP contribution in [0, 0.1) is 0 Å². The van der Waals surface area contributed by atoms with E-state index in [4.69, 9.17) is 11.6 Å². The van der Waals surface area contributed by atoms with Gasteiger partial charge < -0.3 is 9.80 Å². The number of amides is 1. The van der Waals surface area contributed by atoms with Crippen LogP contribution in [0.5, 0.6) is 0 Å². The van der Waals surface area contributed by atoms with Crippen molar-refractivity contribution in [3.63, 3.8) is 0 Å². The second-order valence-electron chi connectivity index (χ2n) is 6.57. The molecule has 0 bridgehead atoms. The summed E-state index contributed by atoms with van der Waals surface area (Å²) in [7, 11) is 3.98. The zero-order valence-corrected chi connectivity index (χ0v) is 16.1. The summed E-state index contributed by atoms with van der Waals surface area (Å²) in [6.07, 6.45) is 3.50. The Labute approximate surface area is 163 Å². The van der Waals surface area contributed by atoms with Crippen molar-refractivity contribution >= 4 is 17.5 Å². The molecule has 0 fully saturated rings. The molecule has 7 heteroatoms. The van der Waals surface area contributed by atoms with E-state index in [1.807, 2.05) is 38.4 Å². The molecule has 2 heterocycles. The lowest BCUT2D eigenvalue weighted by Gasteiger charge is -2.23. The molecule has 0 unspecified atom stereocenters. The van der Waals surface area contributed by atoms with Gasteiger partial charge in [0.15, 0.2) is 0 Å². The summed E-state index contributed by atoms with van der Waals surface area (Å²) in [6.45, 7) is 1.87. The van der Waals surface area contributed by atoms with E-state index in [1.54, 1.807) is 35.5 Å². The smallest absolute Gasteiger partial charge is 0.272 e. The van der Waals surface area contributed by atoms with Gasteiger partial charge in [0.25, 0.3) is 5.91 Å². The second kappa shape index (κ2) is 8.79. The highest BCUT2D eigenvalue weighted by Crippen LogP contribution is 2.21. The minimum absolute atomic E-state index is 0.0894. The number of rotatable bonds is 7. The van der Waals surface area contributed by atoms with E-state index in [2.05, 4.69) is 20.1 Å². The van der Waals surface area contributed by atoms with E-state index in [9.17, 15) is 4.79 Å². The normalized spacial score (nSPS) is 11.0. The molecule has 1 N–H and O–H groups in total. The van der Waals surface area contributed by atoms with Crippen LogP contribution in [0.25, 0.3) is 11.3 Å². The third-order valence-electron chi connectivity index (χ3n) is 4.15. The Bertz CT molecular complexity index is 877. The predicted octanol–water partition coefficient (Wildman–Crippen LogP) is 3.33. The summed E-state index contributed by atoms with van der Waals surface area (Å²) in [6, 6.07) is 13.0. The van der Waals surface area contributed by atoms with Crippen LogP contribution in [0.3, 0.4) is 0 Å². The molecule has 0 aliphatic carbocycles. The van der Waals surface area contributed by atoms with Gasteiger partial charge in [-0.1, -0.05) is 29.8 Å². The third kappa shape index (κ3) is 5.15. The number of pyridine rings is 1. The molecule has 2 aromatic heterocycles. The van der Waals surface area contributed by atoms with Gasteiger partial charge >= 0.3 is 0 Å². The number of benzene rings is 1. The van der Waals surface area contributed by atoms with Crippen LogP contribution in [0.1, 0.15) is 16.1 Å². The highest BCUT2D eigenvalue weighted by Gasteiger charge is 2.19. The third-order valence-corrected chi connectivity index (χ3v) is 4.40. The monoisotopic (exact) mass is 383 g/mol. The van der Waals surface area contributed by atoms with Crippen molar-refractivity contribution in [2.45, 2.75) is 6.54 Å². The Morgan fingerprint density at radius 2 is 1.93 bits per heavy atom. The highest BCUT2D eigenvalue weighted by atomic mass is 35.5. The molecule has 0 saturated carbocycles. The maximum atomic E-state index is 13.1. The lowest BCUT2D eigenvalue weighted by Crippen LogP contribution is -2.36. The molecule has 0 radical (unpaired) electrons. The standard InChI is InChI=1S/C20H22ClN5O/c1-25(2)10-11-26(14-15-4-3-9-22-13-15)20(27)19-12-18(23-24-19)16-5-7-17(21)8-6-16/h3-9,12-13H,10-11,14H2,1-2H3,(H,23,24). The molecule has 0 spiro atoms. The SMILES string of the molecule is CN(C)CCN(Cc1cccnc1)C(=O)c1cc(-c2ccc(Cl)cc2)n[nH]1. The van der Waals surface area contributed by atoms with Crippen LogP contribution in [-0.4, -0.2) is 58.1 Å². The fourth-order valence-electron chi connectivity index (χ4n) is 2.66. The second-order valence-corrected chi connectivity index (χ2v) is 7.00. The van der Waals surface area contributed by atoms with E-state index < -0.39 is 0 Å². The molecule has 1 aromatic carbocycles. The Balaban J connectivity index is 1.79. The molecule has 0 atom stereocenters. The molecule has 1 amide bonds. The zero-order valence-electron chi connectivity index (χ0n) is 15.4. The number of H-pyrrole nitrogens is 1. The largest absolute Gasteiger partial charge is 0.332 e. The van der Waals surface area contributed by atoms with E-state index in [0.29, 0.717) is 29.5 Å². The lowest BCUT2D eigenvalue weighted by atomic mass is 10.1. The number of nitrogens with zero attached hydrogens (tertiary/aromatic N) is 4. The number of hydrogen-bond donors (Lipinski definition) is 1. The first-order valence-electron chi connectivity index (χ1n) is 8.67. The van der Waals surface area contributed by atoms with Gasteiger partial charge in [-0.2, -0.15) is 5.10 Å². The van der Waals surface area contributed by atoms with Gasteiger partial charge in [-0.3, -0.25) is 14.9 Å². The first kappa shape index (κ1) is 19.1. The predicted molar refractivity (Wildman–Crippen MR) is 107 cm³/mol. The van der Waals surface area contributed by atoms with E-state index in [-0.39, 0.29) is 5.91 Å². The Kier molecular flexibility index (Phi) is 6.21. The quantitative estimate of drug-likeness (QED) is 0.679. The van der Waals surface area contributed by atoms with Crippen LogP contribution in [0.2, 0.25) is 5.02 Å². The summed E-state index contributed by atoms with van der Waals surface area (Å²) in [4.78, 5) is 21.0. The number of halogens is 1. The number of aromatic nitrogens is 3. The van der Waals surface area contributed by atoms with E-state index >= 15 is 0 Å². The molecular weight excluding hydrogens is 362 g/mol. The van der Waals surface area contributed by atoms with Gasteiger partial charge in [0, 0.05) is 42.6 Å². The highest BCUT2D eigenvalue weighted by molar-refractivity contribution is 6.30. The van der Waals surface area contributed by atoms with Crippen LogP contribution in [0.4, 0.5) is 0 Å². The Hall–Kier alpha value is -2.70. The van der Waals surface area contributed by atoms with E-state index in [1.165, 1.54) is 0 Å². The number of hydrogen-bond acceptors (Lipinski definition) is 4. The number of aromatic amines is 1. The minimum Gasteiger partial charge on any atom is -0.332 e. The van der Waals surface area contributed by atoms with Crippen LogP contribution >= 0.6 is 11.6 Å². The van der Waals surface area contributed by atoms with Gasteiger partial charge in [0.2, 0.25) is 0 Å². The first-order chi connectivity index (χ1) is 13.0. The summed E-state index contributed by atoms with van der Waals surface area (Å²) >= 11 is 5.94. The van der Waals surface area contributed by atoms with Crippen molar-refractivity contribution < 1.29 is 4.79 Å². The summed E-state index contributed by atoms with van der Waals surface area (Å²) in [5.74, 6) is -0.0894. The number of carbonyl (C=O) groups is 1. The lowest BCUT2D eigenvalue weighted by molar-refractivity contribution is 0.0726. The molecule has 0 aliphatic heterocycles. The van der Waals surface area contributed by atoms with Gasteiger partial charge in [-0.05, 0) is 43.9 Å². The van der Waals surface area contributed by atoms with Crippen molar-refractivity contribution in [2.24, 2.45) is 0 Å². The Morgan fingerprint density at radius 1 is 1.15 bits per heavy atom. The molecule has 3 rings (SSSR count). The first-order valence-corrected chi connectivity index (χ1v) is 9.05. The molecular formula is C20H22ClN5O. The molecule has 0 saturated heterocycles. The van der Waals surface area contributed by atoms with Gasteiger partial charge in [-0.25, -0.2) is 0 Å². The van der Waals surface area contributed by atoms with Crippen molar-refractivity contribution in [3.05, 3.63) is 71.1 Å².